The Bertz CT molecular complexity index is 554. The van der Waals surface area contributed by atoms with E-state index in [0.29, 0.717) is 5.56 Å². The Balaban J connectivity index is 2.10. The van der Waals surface area contributed by atoms with Crippen LogP contribution in [0, 0.1) is 6.92 Å². The quantitative estimate of drug-likeness (QED) is 0.935. The zero-order valence-electron chi connectivity index (χ0n) is 10.1. The molecular weight excluding hydrogens is 312 g/mol. The number of benzene rings is 1. The average Bonchev–Trinajstić information content (AvgIpc) is 2.86. The lowest BCUT2D eigenvalue weighted by Gasteiger charge is -2.11. The number of hydrogen-bond acceptors (Lipinski definition) is 3. The Kier molecular flexibility index (Phi) is 4.14. The van der Waals surface area contributed by atoms with Gasteiger partial charge in [0.25, 0.3) is 5.91 Å². The van der Waals surface area contributed by atoms with Crippen molar-refractivity contribution in [2.24, 2.45) is 0 Å². The van der Waals surface area contributed by atoms with Crippen LogP contribution in [0.1, 0.15) is 33.9 Å². The van der Waals surface area contributed by atoms with E-state index in [1.54, 1.807) is 6.20 Å². The van der Waals surface area contributed by atoms with Crippen molar-refractivity contribution < 1.29 is 4.79 Å². The Labute approximate surface area is 118 Å². The molecule has 0 aliphatic carbocycles. The molecule has 1 aromatic heterocycles. The van der Waals surface area contributed by atoms with Gasteiger partial charge in [-0.05, 0) is 31.5 Å². The largest absolute Gasteiger partial charge is 0.343 e. The molecule has 0 saturated carbocycles. The number of rotatable bonds is 3. The Morgan fingerprint density at radius 2 is 2.28 bits per heavy atom. The number of aryl methyl sites for hydroxylation is 1. The molecule has 0 saturated heterocycles. The molecule has 0 aliphatic heterocycles. The highest BCUT2D eigenvalue weighted by Gasteiger charge is 2.13. The van der Waals surface area contributed by atoms with E-state index < -0.39 is 0 Å². The van der Waals surface area contributed by atoms with E-state index in [4.69, 9.17) is 0 Å². The first-order valence-corrected chi connectivity index (χ1v) is 7.21. The highest BCUT2D eigenvalue weighted by Crippen LogP contribution is 2.19. The maximum Gasteiger partial charge on any atom is 0.251 e. The third-order valence-electron chi connectivity index (χ3n) is 2.60. The minimum absolute atomic E-state index is 0.0717. The van der Waals surface area contributed by atoms with Gasteiger partial charge in [0.05, 0.1) is 6.04 Å². The summed E-state index contributed by atoms with van der Waals surface area (Å²) in [4.78, 5) is 16.2. The monoisotopic (exact) mass is 324 g/mol. The molecule has 1 N–H and O–H groups in total. The van der Waals surface area contributed by atoms with Gasteiger partial charge in [-0.2, -0.15) is 0 Å². The SMILES string of the molecule is Cc1ccc(C(=O)NC(C)c2nccs2)cc1Br. The molecule has 5 heteroatoms. The van der Waals surface area contributed by atoms with E-state index in [2.05, 4.69) is 26.2 Å². The van der Waals surface area contributed by atoms with Crippen LogP contribution in [0.3, 0.4) is 0 Å². The number of amides is 1. The number of carbonyl (C=O) groups excluding carboxylic acids is 1. The maximum atomic E-state index is 12.1. The molecule has 0 radical (unpaired) electrons. The van der Waals surface area contributed by atoms with E-state index in [-0.39, 0.29) is 11.9 Å². The second-order valence-electron chi connectivity index (χ2n) is 4.03. The number of hydrogen-bond donors (Lipinski definition) is 1. The van der Waals surface area contributed by atoms with Crippen molar-refractivity contribution in [2.45, 2.75) is 19.9 Å². The van der Waals surface area contributed by atoms with Crippen LogP contribution >= 0.6 is 27.3 Å². The molecule has 2 aromatic rings. The van der Waals surface area contributed by atoms with Gasteiger partial charge < -0.3 is 5.32 Å². The lowest BCUT2D eigenvalue weighted by molar-refractivity contribution is 0.0940. The Morgan fingerprint density at radius 1 is 1.50 bits per heavy atom. The molecule has 18 heavy (non-hydrogen) atoms. The molecule has 2 rings (SSSR count). The summed E-state index contributed by atoms with van der Waals surface area (Å²) in [5.74, 6) is -0.0848. The van der Waals surface area contributed by atoms with E-state index in [9.17, 15) is 4.79 Å². The summed E-state index contributed by atoms with van der Waals surface area (Å²) >= 11 is 4.97. The zero-order valence-corrected chi connectivity index (χ0v) is 12.5. The molecule has 94 valence electrons. The van der Waals surface area contributed by atoms with Gasteiger partial charge in [0, 0.05) is 21.6 Å². The third-order valence-corrected chi connectivity index (χ3v) is 4.42. The highest BCUT2D eigenvalue weighted by molar-refractivity contribution is 9.10. The predicted octanol–water partition coefficient (Wildman–Crippen LogP) is 3.71. The Morgan fingerprint density at radius 3 is 2.89 bits per heavy atom. The minimum Gasteiger partial charge on any atom is -0.343 e. The fraction of sp³-hybridized carbons (Fsp3) is 0.231. The number of halogens is 1. The minimum atomic E-state index is -0.0848. The van der Waals surface area contributed by atoms with E-state index in [1.807, 2.05) is 37.4 Å². The van der Waals surface area contributed by atoms with Crippen LogP contribution in [-0.4, -0.2) is 10.9 Å². The van der Waals surface area contributed by atoms with Gasteiger partial charge in [0.1, 0.15) is 5.01 Å². The van der Waals surface area contributed by atoms with Crippen molar-refractivity contribution in [3.8, 4) is 0 Å². The fourth-order valence-corrected chi connectivity index (χ4v) is 2.55. The summed E-state index contributed by atoms with van der Waals surface area (Å²) in [6.07, 6.45) is 1.74. The molecule has 1 heterocycles. The normalized spacial score (nSPS) is 12.2. The molecule has 0 aliphatic rings. The van der Waals surface area contributed by atoms with Gasteiger partial charge >= 0.3 is 0 Å². The molecule has 0 spiro atoms. The van der Waals surface area contributed by atoms with Gasteiger partial charge in [0.15, 0.2) is 0 Å². The maximum absolute atomic E-state index is 12.1. The summed E-state index contributed by atoms with van der Waals surface area (Å²) in [6, 6.07) is 5.51. The van der Waals surface area contributed by atoms with Gasteiger partial charge in [0.2, 0.25) is 0 Å². The van der Waals surface area contributed by atoms with Gasteiger partial charge in [-0.1, -0.05) is 22.0 Å². The molecule has 1 aromatic carbocycles. The van der Waals surface area contributed by atoms with E-state index >= 15 is 0 Å². The van der Waals surface area contributed by atoms with Crippen molar-refractivity contribution in [1.29, 1.82) is 0 Å². The first-order chi connectivity index (χ1) is 8.58. The number of nitrogens with one attached hydrogen (secondary N) is 1. The summed E-state index contributed by atoms with van der Waals surface area (Å²) in [7, 11) is 0. The fourth-order valence-electron chi connectivity index (χ4n) is 1.52. The van der Waals surface area contributed by atoms with Crippen LogP contribution in [0.25, 0.3) is 0 Å². The second kappa shape index (κ2) is 5.63. The topological polar surface area (TPSA) is 42.0 Å². The van der Waals surface area contributed by atoms with Crippen LogP contribution < -0.4 is 5.32 Å². The Hall–Kier alpha value is -1.20. The predicted molar refractivity (Wildman–Crippen MR) is 76.9 cm³/mol. The molecule has 0 fully saturated rings. The number of thiazole rings is 1. The lowest BCUT2D eigenvalue weighted by Crippen LogP contribution is -2.26. The van der Waals surface area contributed by atoms with Gasteiger partial charge in [-0.25, -0.2) is 4.98 Å². The second-order valence-corrected chi connectivity index (χ2v) is 5.81. The van der Waals surface area contributed by atoms with Crippen LogP contribution in [0.4, 0.5) is 0 Å². The molecule has 3 nitrogen and oxygen atoms in total. The van der Waals surface area contributed by atoms with Crippen LogP contribution in [-0.2, 0) is 0 Å². The summed E-state index contributed by atoms with van der Waals surface area (Å²) in [5.41, 5.74) is 1.76. The average molecular weight is 325 g/mol. The number of aromatic nitrogens is 1. The van der Waals surface area contributed by atoms with Crippen LogP contribution in [0.2, 0.25) is 0 Å². The molecule has 1 amide bonds. The standard InChI is InChI=1S/C13H13BrN2OS/c1-8-3-4-10(7-11(8)14)12(17)16-9(2)13-15-5-6-18-13/h3-7,9H,1-2H3,(H,16,17). The van der Waals surface area contributed by atoms with E-state index in [1.165, 1.54) is 11.3 Å². The third kappa shape index (κ3) is 2.97. The highest BCUT2D eigenvalue weighted by atomic mass is 79.9. The van der Waals surface area contributed by atoms with Crippen molar-refractivity contribution in [3.63, 3.8) is 0 Å². The molecular formula is C13H13BrN2OS. The molecule has 1 unspecified atom stereocenters. The van der Waals surface area contributed by atoms with Gasteiger partial charge in [-0.3, -0.25) is 4.79 Å². The summed E-state index contributed by atoms with van der Waals surface area (Å²) in [5, 5.41) is 5.75. The zero-order chi connectivity index (χ0) is 13.1. The van der Waals surface area contributed by atoms with Crippen molar-refractivity contribution in [1.82, 2.24) is 10.3 Å². The lowest BCUT2D eigenvalue weighted by atomic mass is 10.1. The van der Waals surface area contributed by atoms with Crippen molar-refractivity contribution in [3.05, 3.63) is 50.4 Å². The van der Waals surface area contributed by atoms with Crippen molar-refractivity contribution in [2.75, 3.05) is 0 Å². The molecule has 1 atom stereocenters. The number of nitrogens with zero attached hydrogens (tertiary/aromatic N) is 1. The van der Waals surface area contributed by atoms with Crippen LogP contribution in [0.5, 0.6) is 0 Å². The van der Waals surface area contributed by atoms with Gasteiger partial charge in [-0.15, -0.1) is 11.3 Å². The van der Waals surface area contributed by atoms with E-state index in [0.717, 1.165) is 15.0 Å². The number of carbonyl (C=O) groups is 1. The molecule has 0 bridgehead atoms. The first kappa shape index (κ1) is 13.2. The first-order valence-electron chi connectivity index (χ1n) is 5.54. The van der Waals surface area contributed by atoms with Crippen molar-refractivity contribution >= 4 is 33.2 Å². The smallest absolute Gasteiger partial charge is 0.251 e. The summed E-state index contributed by atoms with van der Waals surface area (Å²) < 4.78 is 0.942. The summed E-state index contributed by atoms with van der Waals surface area (Å²) in [6.45, 7) is 3.92. The van der Waals surface area contributed by atoms with Crippen LogP contribution in [0.15, 0.2) is 34.2 Å².